The molecule has 0 aliphatic rings. The Morgan fingerprint density at radius 3 is 2.44 bits per heavy atom. The highest BCUT2D eigenvalue weighted by atomic mass is 14.9. The third kappa shape index (κ3) is 2.46. The quantitative estimate of drug-likeness (QED) is 0.867. The first-order valence-electron chi connectivity index (χ1n) is 6.45. The average molecular weight is 243 g/mol. The van der Waals surface area contributed by atoms with E-state index in [4.69, 9.17) is 10.7 Å². The maximum Gasteiger partial charge on any atom is 0.111 e. The standard InChI is InChI=1S/C15H21N3/c1-10(2)13(9-16)15-17-11(3)14(18-15)12-7-5-4-6-8-12/h4-8,10,13H,9,16H2,1-3H3,(H,17,18). The molecule has 0 saturated carbocycles. The van der Waals surface area contributed by atoms with Crippen LogP contribution in [0.2, 0.25) is 0 Å². The van der Waals surface area contributed by atoms with E-state index in [0.29, 0.717) is 18.4 Å². The number of nitrogens with zero attached hydrogens (tertiary/aromatic N) is 1. The smallest absolute Gasteiger partial charge is 0.111 e. The van der Waals surface area contributed by atoms with Crippen LogP contribution in [0, 0.1) is 12.8 Å². The van der Waals surface area contributed by atoms with Crippen molar-refractivity contribution in [1.82, 2.24) is 9.97 Å². The Hall–Kier alpha value is -1.61. The number of aryl methyl sites for hydroxylation is 1. The summed E-state index contributed by atoms with van der Waals surface area (Å²) in [5.74, 6) is 1.79. The van der Waals surface area contributed by atoms with Gasteiger partial charge in [0.05, 0.1) is 5.69 Å². The number of aromatic nitrogens is 2. The number of benzene rings is 1. The van der Waals surface area contributed by atoms with Crippen LogP contribution in [0.3, 0.4) is 0 Å². The van der Waals surface area contributed by atoms with Gasteiger partial charge >= 0.3 is 0 Å². The first kappa shape index (κ1) is 12.8. The van der Waals surface area contributed by atoms with Gasteiger partial charge in [0.15, 0.2) is 0 Å². The van der Waals surface area contributed by atoms with Crippen LogP contribution in [0.5, 0.6) is 0 Å². The number of H-pyrrole nitrogens is 1. The molecule has 1 heterocycles. The molecule has 0 amide bonds. The molecule has 18 heavy (non-hydrogen) atoms. The Balaban J connectivity index is 2.38. The van der Waals surface area contributed by atoms with Crippen LogP contribution in [0.1, 0.15) is 31.3 Å². The summed E-state index contributed by atoms with van der Waals surface area (Å²) >= 11 is 0. The largest absolute Gasteiger partial charge is 0.345 e. The zero-order valence-electron chi connectivity index (χ0n) is 11.3. The van der Waals surface area contributed by atoms with Crippen molar-refractivity contribution in [3.05, 3.63) is 41.9 Å². The summed E-state index contributed by atoms with van der Waals surface area (Å²) in [4.78, 5) is 8.12. The van der Waals surface area contributed by atoms with E-state index < -0.39 is 0 Å². The number of nitrogens with two attached hydrogens (primary N) is 1. The summed E-state index contributed by atoms with van der Waals surface area (Å²) in [5.41, 5.74) is 9.13. The van der Waals surface area contributed by atoms with Gasteiger partial charge in [0, 0.05) is 23.7 Å². The molecule has 0 aliphatic heterocycles. The molecular weight excluding hydrogens is 222 g/mol. The van der Waals surface area contributed by atoms with Crippen LogP contribution in [0.4, 0.5) is 0 Å². The highest BCUT2D eigenvalue weighted by Gasteiger charge is 2.19. The molecule has 0 radical (unpaired) electrons. The predicted octanol–water partition coefficient (Wildman–Crippen LogP) is 3.08. The van der Waals surface area contributed by atoms with Gasteiger partial charge < -0.3 is 10.7 Å². The highest BCUT2D eigenvalue weighted by Crippen LogP contribution is 2.26. The van der Waals surface area contributed by atoms with Gasteiger partial charge in [0.2, 0.25) is 0 Å². The molecule has 1 unspecified atom stereocenters. The van der Waals surface area contributed by atoms with Crippen LogP contribution in [0.15, 0.2) is 30.3 Å². The van der Waals surface area contributed by atoms with Gasteiger partial charge in [0.25, 0.3) is 0 Å². The number of hydrogen-bond acceptors (Lipinski definition) is 2. The Morgan fingerprint density at radius 2 is 1.89 bits per heavy atom. The Morgan fingerprint density at radius 1 is 1.22 bits per heavy atom. The monoisotopic (exact) mass is 243 g/mol. The van der Waals surface area contributed by atoms with Crippen molar-refractivity contribution in [2.24, 2.45) is 11.7 Å². The Bertz CT molecular complexity index is 500. The molecule has 0 aliphatic carbocycles. The number of aromatic amines is 1. The van der Waals surface area contributed by atoms with E-state index in [1.165, 1.54) is 0 Å². The summed E-state index contributed by atoms with van der Waals surface area (Å²) < 4.78 is 0. The van der Waals surface area contributed by atoms with E-state index in [1.807, 2.05) is 18.2 Å². The maximum absolute atomic E-state index is 5.84. The summed E-state index contributed by atoms with van der Waals surface area (Å²) in [5, 5.41) is 0. The summed E-state index contributed by atoms with van der Waals surface area (Å²) in [7, 11) is 0. The molecule has 0 bridgehead atoms. The third-order valence-electron chi connectivity index (χ3n) is 3.36. The molecule has 3 nitrogen and oxygen atoms in total. The molecule has 2 rings (SSSR count). The lowest BCUT2D eigenvalue weighted by Gasteiger charge is -2.15. The molecule has 0 spiro atoms. The van der Waals surface area contributed by atoms with Gasteiger partial charge in [0.1, 0.15) is 5.82 Å². The third-order valence-corrected chi connectivity index (χ3v) is 3.36. The van der Waals surface area contributed by atoms with E-state index >= 15 is 0 Å². The van der Waals surface area contributed by atoms with Crippen LogP contribution < -0.4 is 5.73 Å². The SMILES string of the molecule is Cc1[nH]c(C(CN)C(C)C)nc1-c1ccccc1. The summed E-state index contributed by atoms with van der Waals surface area (Å²) in [6.45, 7) is 7.04. The van der Waals surface area contributed by atoms with Crippen LogP contribution in [0.25, 0.3) is 11.3 Å². The molecule has 1 atom stereocenters. The maximum atomic E-state index is 5.84. The molecule has 1 aromatic heterocycles. The van der Waals surface area contributed by atoms with Gasteiger partial charge in [-0.3, -0.25) is 0 Å². The van der Waals surface area contributed by atoms with E-state index in [0.717, 1.165) is 22.8 Å². The zero-order chi connectivity index (χ0) is 13.1. The average Bonchev–Trinajstić information content (AvgIpc) is 2.73. The molecule has 0 fully saturated rings. The van der Waals surface area contributed by atoms with E-state index in [9.17, 15) is 0 Å². The Kier molecular flexibility index (Phi) is 3.82. The van der Waals surface area contributed by atoms with Crippen LogP contribution >= 0.6 is 0 Å². The topological polar surface area (TPSA) is 54.7 Å². The summed E-state index contributed by atoms with van der Waals surface area (Å²) in [6, 6.07) is 10.3. The number of rotatable bonds is 4. The first-order chi connectivity index (χ1) is 8.63. The highest BCUT2D eigenvalue weighted by molar-refractivity contribution is 5.61. The molecule has 3 heteroatoms. The lowest BCUT2D eigenvalue weighted by atomic mass is 9.95. The fourth-order valence-corrected chi connectivity index (χ4v) is 2.24. The van der Waals surface area contributed by atoms with E-state index in [-0.39, 0.29) is 0 Å². The van der Waals surface area contributed by atoms with Gasteiger partial charge in [-0.15, -0.1) is 0 Å². The second-order valence-electron chi connectivity index (χ2n) is 5.05. The fourth-order valence-electron chi connectivity index (χ4n) is 2.24. The number of imidazole rings is 1. The molecule has 3 N–H and O–H groups in total. The number of hydrogen-bond donors (Lipinski definition) is 2. The molecule has 96 valence electrons. The molecule has 1 aromatic carbocycles. The van der Waals surface area contributed by atoms with Crippen molar-refractivity contribution >= 4 is 0 Å². The first-order valence-corrected chi connectivity index (χ1v) is 6.45. The molecular formula is C15H21N3. The van der Waals surface area contributed by atoms with Crippen molar-refractivity contribution in [2.45, 2.75) is 26.7 Å². The van der Waals surface area contributed by atoms with Gasteiger partial charge in [-0.2, -0.15) is 0 Å². The van der Waals surface area contributed by atoms with Crippen molar-refractivity contribution in [1.29, 1.82) is 0 Å². The summed E-state index contributed by atoms with van der Waals surface area (Å²) in [6.07, 6.45) is 0. The minimum atomic E-state index is 0.293. The van der Waals surface area contributed by atoms with Gasteiger partial charge in [-0.05, 0) is 12.8 Å². The van der Waals surface area contributed by atoms with E-state index in [1.54, 1.807) is 0 Å². The fraction of sp³-hybridized carbons (Fsp3) is 0.400. The molecule has 2 aromatic rings. The Labute approximate surface area is 108 Å². The lowest BCUT2D eigenvalue weighted by molar-refractivity contribution is 0.487. The number of nitrogens with one attached hydrogen (secondary N) is 1. The van der Waals surface area contributed by atoms with Crippen molar-refractivity contribution in [2.75, 3.05) is 6.54 Å². The minimum Gasteiger partial charge on any atom is -0.345 e. The molecule has 0 saturated heterocycles. The van der Waals surface area contributed by atoms with Gasteiger partial charge in [-0.25, -0.2) is 4.98 Å². The second kappa shape index (κ2) is 5.36. The van der Waals surface area contributed by atoms with Gasteiger partial charge in [-0.1, -0.05) is 44.2 Å². The predicted molar refractivity (Wildman–Crippen MR) is 75.4 cm³/mol. The minimum absolute atomic E-state index is 0.293. The van der Waals surface area contributed by atoms with Crippen molar-refractivity contribution in [3.63, 3.8) is 0 Å². The van der Waals surface area contributed by atoms with E-state index in [2.05, 4.69) is 37.9 Å². The van der Waals surface area contributed by atoms with Crippen molar-refractivity contribution in [3.8, 4) is 11.3 Å². The lowest BCUT2D eigenvalue weighted by Crippen LogP contribution is -2.19. The van der Waals surface area contributed by atoms with Crippen LogP contribution in [-0.4, -0.2) is 16.5 Å². The zero-order valence-corrected chi connectivity index (χ0v) is 11.3. The normalized spacial score (nSPS) is 12.9. The van der Waals surface area contributed by atoms with Crippen LogP contribution in [-0.2, 0) is 0 Å². The van der Waals surface area contributed by atoms with Crippen molar-refractivity contribution < 1.29 is 0 Å². The second-order valence-corrected chi connectivity index (χ2v) is 5.05.